The second-order valence-electron chi connectivity index (χ2n) is 3.92. The maximum atomic E-state index is 9.68. The van der Waals surface area contributed by atoms with E-state index in [0.717, 1.165) is 36.1 Å². The SMILES string of the molecule is COc1ccc(CCCCO)c(C(C)O)c1. The van der Waals surface area contributed by atoms with E-state index >= 15 is 0 Å². The number of rotatable bonds is 6. The Morgan fingerprint density at radius 3 is 2.62 bits per heavy atom. The van der Waals surface area contributed by atoms with Crippen LogP contribution in [0.2, 0.25) is 0 Å². The molecule has 0 heterocycles. The Balaban J connectivity index is 2.81. The molecule has 3 nitrogen and oxygen atoms in total. The Labute approximate surface area is 96.7 Å². The molecule has 0 radical (unpaired) electrons. The average Bonchev–Trinajstić information content (AvgIpc) is 2.29. The maximum Gasteiger partial charge on any atom is 0.119 e. The number of methoxy groups -OCH3 is 1. The monoisotopic (exact) mass is 224 g/mol. The van der Waals surface area contributed by atoms with Gasteiger partial charge in [0.1, 0.15) is 5.75 Å². The van der Waals surface area contributed by atoms with E-state index in [0.29, 0.717) is 0 Å². The van der Waals surface area contributed by atoms with Crippen molar-refractivity contribution < 1.29 is 14.9 Å². The predicted molar refractivity (Wildman–Crippen MR) is 63.7 cm³/mol. The first-order valence-electron chi connectivity index (χ1n) is 5.64. The van der Waals surface area contributed by atoms with E-state index in [9.17, 15) is 5.11 Å². The van der Waals surface area contributed by atoms with Gasteiger partial charge in [0.25, 0.3) is 0 Å². The normalized spacial score (nSPS) is 12.5. The Morgan fingerprint density at radius 1 is 1.31 bits per heavy atom. The van der Waals surface area contributed by atoms with E-state index in [1.54, 1.807) is 14.0 Å². The molecule has 1 aromatic carbocycles. The summed E-state index contributed by atoms with van der Waals surface area (Å²) in [6, 6.07) is 5.76. The van der Waals surface area contributed by atoms with E-state index in [2.05, 4.69) is 0 Å². The number of aliphatic hydroxyl groups is 2. The Bertz CT molecular complexity index is 321. The molecule has 0 saturated heterocycles. The fraction of sp³-hybridized carbons (Fsp3) is 0.538. The second kappa shape index (κ2) is 6.51. The molecule has 0 bridgehead atoms. The number of aryl methyl sites for hydroxylation is 1. The van der Waals surface area contributed by atoms with Gasteiger partial charge in [0.15, 0.2) is 0 Å². The predicted octanol–water partition coefficient (Wildman–Crippen LogP) is 2.06. The highest BCUT2D eigenvalue weighted by Crippen LogP contribution is 2.24. The summed E-state index contributed by atoms with van der Waals surface area (Å²) in [7, 11) is 1.62. The lowest BCUT2D eigenvalue weighted by Gasteiger charge is -2.13. The highest BCUT2D eigenvalue weighted by atomic mass is 16.5. The van der Waals surface area contributed by atoms with Crippen LogP contribution in [0.25, 0.3) is 0 Å². The molecule has 0 saturated carbocycles. The third-order valence-electron chi connectivity index (χ3n) is 2.66. The van der Waals surface area contributed by atoms with Crippen molar-refractivity contribution in [2.45, 2.75) is 32.3 Å². The summed E-state index contributed by atoms with van der Waals surface area (Å²) in [6.07, 6.45) is 2.12. The zero-order valence-electron chi connectivity index (χ0n) is 9.94. The van der Waals surface area contributed by atoms with Crippen molar-refractivity contribution in [2.24, 2.45) is 0 Å². The molecule has 2 N–H and O–H groups in total. The Morgan fingerprint density at radius 2 is 2.06 bits per heavy atom. The Kier molecular flexibility index (Phi) is 5.29. The summed E-state index contributed by atoms with van der Waals surface area (Å²) in [5, 5.41) is 18.4. The minimum Gasteiger partial charge on any atom is -0.497 e. The van der Waals surface area contributed by atoms with Crippen LogP contribution in [0.4, 0.5) is 0 Å². The molecule has 0 aliphatic heterocycles. The van der Waals surface area contributed by atoms with E-state index < -0.39 is 6.10 Å². The van der Waals surface area contributed by atoms with Crippen LogP contribution in [0.1, 0.15) is 37.0 Å². The lowest BCUT2D eigenvalue weighted by Crippen LogP contribution is -2.00. The zero-order valence-corrected chi connectivity index (χ0v) is 9.94. The van der Waals surface area contributed by atoms with Crippen LogP contribution in [0.5, 0.6) is 5.75 Å². The molecule has 1 atom stereocenters. The van der Waals surface area contributed by atoms with Crippen LogP contribution in [0.3, 0.4) is 0 Å². The Hall–Kier alpha value is -1.06. The molecule has 0 fully saturated rings. The molecule has 90 valence electrons. The van der Waals surface area contributed by atoms with Crippen molar-refractivity contribution in [2.75, 3.05) is 13.7 Å². The van der Waals surface area contributed by atoms with Gasteiger partial charge >= 0.3 is 0 Å². The van der Waals surface area contributed by atoms with Crippen molar-refractivity contribution >= 4 is 0 Å². The first-order chi connectivity index (χ1) is 7.69. The lowest BCUT2D eigenvalue weighted by atomic mass is 9.98. The first-order valence-corrected chi connectivity index (χ1v) is 5.64. The number of benzene rings is 1. The van der Waals surface area contributed by atoms with Crippen LogP contribution >= 0.6 is 0 Å². The van der Waals surface area contributed by atoms with Gasteiger partial charge in [-0.1, -0.05) is 6.07 Å². The molecule has 0 spiro atoms. The van der Waals surface area contributed by atoms with Crippen molar-refractivity contribution in [3.05, 3.63) is 29.3 Å². The number of unbranched alkanes of at least 4 members (excludes halogenated alkanes) is 1. The van der Waals surface area contributed by atoms with Crippen LogP contribution in [-0.2, 0) is 6.42 Å². The standard InChI is InChI=1S/C13H20O3/c1-10(15)13-9-12(16-2)7-6-11(13)5-3-4-8-14/h6-7,9-10,14-15H,3-5,8H2,1-2H3. The lowest BCUT2D eigenvalue weighted by molar-refractivity contribution is 0.197. The van der Waals surface area contributed by atoms with Crippen molar-refractivity contribution in [3.8, 4) is 5.75 Å². The first kappa shape index (κ1) is 13.0. The topological polar surface area (TPSA) is 49.7 Å². The van der Waals surface area contributed by atoms with Gasteiger partial charge in [-0.15, -0.1) is 0 Å². The summed E-state index contributed by atoms with van der Waals surface area (Å²) in [6.45, 7) is 1.98. The summed E-state index contributed by atoms with van der Waals surface area (Å²) < 4.78 is 5.13. The van der Waals surface area contributed by atoms with Crippen molar-refractivity contribution in [1.82, 2.24) is 0 Å². The number of ether oxygens (including phenoxy) is 1. The van der Waals surface area contributed by atoms with E-state index in [1.807, 2.05) is 18.2 Å². The van der Waals surface area contributed by atoms with Crippen molar-refractivity contribution in [1.29, 1.82) is 0 Å². The number of hydrogen-bond acceptors (Lipinski definition) is 3. The molecule has 0 aliphatic carbocycles. The fourth-order valence-corrected chi connectivity index (χ4v) is 1.74. The summed E-state index contributed by atoms with van der Waals surface area (Å²) in [4.78, 5) is 0. The van der Waals surface area contributed by atoms with E-state index in [-0.39, 0.29) is 6.61 Å². The molecule has 3 heteroatoms. The van der Waals surface area contributed by atoms with Crippen LogP contribution < -0.4 is 4.74 Å². The molecule has 0 amide bonds. The van der Waals surface area contributed by atoms with Gasteiger partial charge in [-0.2, -0.15) is 0 Å². The summed E-state index contributed by atoms with van der Waals surface area (Å²) in [5.41, 5.74) is 2.04. The summed E-state index contributed by atoms with van der Waals surface area (Å²) >= 11 is 0. The number of aliphatic hydroxyl groups excluding tert-OH is 2. The minimum atomic E-state index is -0.487. The highest BCUT2D eigenvalue weighted by molar-refractivity contribution is 5.37. The second-order valence-corrected chi connectivity index (χ2v) is 3.92. The quantitative estimate of drug-likeness (QED) is 0.727. The highest BCUT2D eigenvalue weighted by Gasteiger charge is 2.09. The van der Waals surface area contributed by atoms with Crippen LogP contribution in [0, 0.1) is 0 Å². The van der Waals surface area contributed by atoms with Gasteiger partial charge in [-0.05, 0) is 49.4 Å². The van der Waals surface area contributed by atoms with Gasteiger partial charge < -0.3 is 14.9 Å². The van der Waals surface area contributed by atoms with E-state index in [4.69, 9.17) is 9.84 Å². The largest absolute Gasteiger partial charge is 0.497 e. The van der Waals surface area contributed by atoms with Gasteiger partial charge in [-0.3, -0.25) is 0 Å². The molecule has 16 heavy (non-hydrogen) atoms. The number of hydrogen-bond donors (Lipinski definition) is 2. The van der Waals surface area contributed by atoms with E-state index in [1.165, 1.54) is 0 Å². The average molecular weight is 224 g/mol. The molecule has 0 aromatic heterocycles. The van der Waals surface area contributed by atoms with Crippen LogP contribution in [-0.4, -0.2) is 23.9 Å². The van der Waals surface area contributed by atoms with Gasteiger partial charge in [0.05, 0.1) is 13.2 Å². The molecule has 0 aliphatic rings. The van der Waals surface area contributed by atoms with Crippen molar-refractivity contribution in [3.63, 3.8) is 0 Å². The van der Waals surface area contributed by atoms with Gasteiger partial charge in [-0.25, -0.2) is 0 Å². The summed E-state index contributed by atoms with van der Waals surface area (Å²) in [5.74, 6) is 0.766. The third kappa shape index (κ3) is 3.51. The zero-order chi connectivity index (χ0) is 12.0. The fourth-order valence-electron chi connectivity index (χ4n) is 1.74. The van der Waals surface area contributed by atoms with Gasteiger partial charge in [0.2, 0.25) is 0 Å². The van der Waals surface area contributed by atoms with Gasteiger partial charge in [0, 0.05) is 6.61 Å². The smallest absolute Gasteiger partial charge is 0.119 e. The van der Waals surface area contributed by atoms with Crippen LogP contribution in [0.15, 0.2) is 18.2 Å². The third-order valence-corrected chi connectivity index (χ3v) is 2.66. The molecular weight excluding hydrogens is 204 g/mol. The molecule has 1 rings (SSSR count). The maximum absolute atomic E-state index is 9.68. The molecular formula is C13H20O3. The molecule has 1 unspecified atom stereocenters. The minimum absolute atomic E-state index is 0.222. The molecule has 1 aromatic rings.